The van der Waals surface area contributed by atoms with Crippen LogP contribution in [0.15, 0.2) is 12.4 Å². The number of aryl methyl sites for hydroxylation is 1. The summed E-state index contributed by atoms with van der Waals surface area (Å²) in [7, 11) is 0. The quantitative estimate of drug-likeness (QED) is 0.696. The molecule has 1 unspecified atom stereocenters. The van der Waals surface area contributed by atoms with E-state index in [4.69, 9.17) is 5.11 Å². The summed E-state index contributed by atoms with van der Waals surface area (Å²) in [5, 5.41) is 13.9. The van der Waals surface area contributed by atoms with Crippen molar-refractivity contribution >= 4 is 12.0 Å². The third-order valence-electron chi connectivity index (χ3n) is 2.67. The van der Waals surface area contributed by atoms with E-state index in [2.05, 4.69) is 20.6 Å². The van der Waals surface area contributed by atoms with Crippen LogP contribution in [0.4, 0.5) is 4.79 Å². The first-order chi connectivity index (χ1) is 9.47. The van der Waals surface area contributed by atoms with Gasteiger partial charge in [-0.1, -0.05) is 0 Å². The molecular formula is C13H20N4O3. The first-order valence-electron chi connectivity index (χ1n) is 6.51. The number of amides is 2. The number of carbonyl (C=O) groups is 2. The minimum absolute atomic E-state index is 0.0709. The van der Waals surface area contributed by atoms with Crippen molar-refractivity contribution in [2.45, 2.75) is 45.7 Å². The van der Waals surface area contributed by atoms with Gasteiger partial charge in [-0.25, -0.2) is 4.79 Å². The Balaban J connectivity index is 2.22. The SMILES string of the molecule is Cc1cnc(CNC(=O)NC(C)CCCC(=O)O)cn1. The fourth-order valence-corrected chi connectivity index (χ4v) is 1.59. The molecule has 0 fully saturated rings. The zero-order valence-corrected chi connectivity index (χ0v) is 11.7. The van der Waals surface area contributed by atoms with Crippen LogP contribution in [0.25, 0.3) is 0 Å². The Bertz CT molecular complexity index is 447. The summed E-state index contributed by atoms with van der Waals surface area (Å²) >= 11 is 0. The van der Waals surface area contributed by atoms with Gasteiger partial charge >= 0.3 is 12.0 Å². The smallest absolute Gasteiger partial charge is 0.315 e. The maximum atomic E-state index is 11.6. The Morgan fingerprint density at radius 2 is 2.10 bits per heavy atom. The van der Waals surface area contributed by atoms with Crippen molar-refractivity contribution in [3.05, 3.63) is 23.8 Å². The maximum absolute atomic E-state index is 11.6. The van der Waals surface area contributed by atoms with Crippen molar-refractivity contribution < 1.29 is 14.7 Å². The summed E-state index contributed by atoms with van der Waals surface area (Å²) in [6.07, 6.45) is 4.55. The lowest BCUT2D eigenvalue weighted by Crippen LogP contribution is -2.40. The van der Waals surface area contributed by atoms with Gasteiger partial charge in [0.25, 0.3) is 0 Å². The van der Waals surface area contributed by atoms with E-state index in [-0.39, 0.29) is 18.5 Å². The molecule has 0 aliphatic heterocycles. The molecule has 0 aliphatic rings. The molecule has 1 aromatic rings. The van der Waals surface area contributed by atoms with Crippen molar-refractivity contribution in [3.63, 3.8) is 0 Å². The molecule has 0 bridgehead atoms. The molecule has 20 heavy (non-hydrogen) atoms. The minimum Gasteiger partial charge on any atom is -0.481 e. The van der Waals surface area contributed by atoms with Crippen LogP contribution in [0.1, 0.15) is 37.6 Å². The van der Waals surface area contributed by atoms with Crippen molar-refractivity contribution in [3.8, 4) is 0 Å². The highest BCUT2D eigenvalue weighted by molar-refractivity contribution is 5.74. The number of carbonyl (C=O) groups excluding carboxylic acids is 1. The predicted octanol–water partition coefficient (Wildman–Crippen LogP) is 1.23. The van der Waals surface area contributed by atoms with Gasteiger partial charge in [0.05, 0.1) is 24.1 Å². The number of carboxylic acids is 1. The Labute approximate surface area is 117 Å². The molecule has 0 aliphatic carbocycles. The summed E-state index contributed by atoms with van der Waals surface area (Å²) in [4.78, 5) is 30.2. The molecule has 0 saturated carbocycles. The zero-order valence-electron chi connectivity index (χ0n) is 11.7. The molecule has 0 radical (unpaired) electrons. The monoisotopic (exact) mass is 280 g/mol. The standard InChI is InChI=1S/C13H20N4O3/c1-9(4-3-5-12(18)19)17-13(20)16-8-11-7-14-10(2)6-15-11/h6-7,9H,3-5,8H2,1-2H3,(H,18,19)(H2,16,17,20). The average molecular weight is 280 g/mol. The molecule has 1 atom stereocenters. The van der Waals surface area contributed by atoms with Crippen LogP contribution in [0.2, 0.25) is 0 Å². The number of hydrogen-bond donors (Lipinski definition) is 3. The summed E-state index contributed by atoms with van der Waals surface area (Å²) in [6.45, 7) is 3.99. The highest BCUT2D eigenvalue weighted by atomic mass is 16.4. The van der Waals surface area contributed by atoms with E-state index in [9.17, 15) is 9.59 Å². The van der Waals surface area contributed by atoms with Crippen LogP contribution in [-0.2, 0) is 11.3 Å². The van der Waals surface area contributed by atoms with Gasteiger partial charge in [0.1, 0.15) is 0 Å². The Morgan fingerprint density at radius 3 is 2.70 bits per heavy atom. The highest BCUT2D eigenvalue weighted by Gasteiger charge is 2.08. The molecule has 1 aromatic heterocycles. The van der Waals surface area contributed by atoms with E-state index < -0.39 is 5.97 Å². The Hall–Kier alpha value is -2.18. The molecule has 0 spiro atoms. The van der Waals surface area contributed by atoms with Gasteiger partial charge in [0.2, 0.25) is 0 Å². The molecule has 7 heteroatoms. The lowest BCUT2D eigenvalue weighted by atomic mass is 10.1. The Morgan fingerprint density at radius 1 is 1.35 bits per heavy atom. The van der Waals surface area contributed by atoms with Gasteiger partial charge in [-0.05, 0) is 26.7 Å². The number of nitrogens with zero attached hydrogens (tertiary/aromatic N) is 2. The van der Waals surface area contributed by atoms with Crippen LogP contribution in [0.5, 0.6) is 0 Å². The van der Waals surface area contributed by atoms with Crippen molar-refractivity contribution in [1.29, 1.82) is 0 Å². The highest BCUT2D eigenvalue weighted by Crippen LogP contribution is 2.00. The van der Waals surface area contributed by atoms with Crippen molar-refractivity contribution in [1.82, 2.24) is 20.6 Å². The number of carboxylic acid groups (broad SMARTS) is 1. The van der Waals surface area contributed by atoms with E-state index in [1.807, 2.05) is 13.8 Å². The molecule has 3 N–H and O–H groups in total. The van der Waals surface area contributed by atoms with Gasteiger partial charge < -0.3 is 15.7 Å². The first-order valence-corrected chi connectivity index (χ1v) is 6.51. The molecule has 0 saturated heterocycles. The van der Waals surface area contributed by atoms with E-state index in [0.29, 0.717) is 25.1 Å². The van der Waals surface area contributed by atoms with Crippen LogP contribution in [0.3, 0.4) is 0 Å². The van der Waals surface area contributed by atoms with Crippen LogP contribution in [0, 0.1) is 6.92 Å². The molecule has 1 rings (SSSR count). The summed E-state index contributed by atoms with van der Waals surface area (Å²) < 4.78 is 0. The first kappa shape index (κ1) is 15.9. The zero-order chi connectivity index (χ0) is 15.0. The number of aliphatic carboxylic acids is 1. The molecule has 2 amide bonds. The van der Waals surface area contributed by atoms with Crippen LogP contribution >= 0.6 is 0 Å². The maximum Gasteiger partial charge on any atom is 0.315 e. The molecule has 7 nitrogen and oxygen atoms in total. The number of urea groups is 1. The van der Waals surface area contributed by atoms with E-state index in [1.54, 1.807) is 12.4 Å². The van der Waals surface area contributed by atoms with E-state index >= 15 is 0 Å². The van der Waals surface area contributed by atoms with Crippen LogP contribution in [-0.4, -0.2) is 33.1 Å². The van der Waals surface area contributed by atoms with Gasteiger partial charge in [-0.3, -0.25) is 14.8 Å². The average Bonchev–Trinajstić information content (AvgIpc) is 2.37. The summed E-state index contributed by atoms with van der Waals surface area (Å²) in [6, 6.07) is -0.367. The van der Waals surface area contributed by atoms with Crippen molar-refractivity contribution in [2.24, 2.45) is 0 Å². The number of nitrogens with one attached hydrogen (secondary N) is 2. The van der Waals surface area contributed by atoms with E-state index in [1.165, 1.54) is 0 Å². The molecular weight excluding hydrogens is 260 g/mol. The fraction of sp³-hybridized carbons (Fsp3) is 0.538. The van der Waals surface area contributed by atoms with Gasteiger partial charge in [-0.15, -0.1) is 0 Å². The molecule has 1 heterocycles. The minimum atomic E-state index is -0.820. The summed E-state index contributed by atoms with van der Waals surface area (Å²) in [5.41, 5.74) is 1.51. The normalized spacial score (nSPS) is 11.7. The van der Waals surface area contributed by atoms with Gasteiger partial charge in [-0.2, -0.15) is 0 Å². The lowest BCUT2D eigenvalue weighted by Gasteiger charge is -2.13. The molecule has 0 aromatic carbocycles. The van der Waals surface area contributed by atoms with E-state index in [0.717, 1.165) is 5.69 Å². The predicted molar refractivity (Wildman–Crippen MR) is 73.1 cm³/mol. The van der Waals surface area contributed by atoms with Crippen LogP contribution < -0.4 is 10.6 Å². The topological polar surface area (TPSA) is 104 Å². The lowest BCUT2D eigenvalue weighted by molar-refractivity contribution is -0.137. The second-order valence-electron chi connectivity index (χ2n) is 4.66. The number of aromatic nitrogens is 2. The van der Waals surface area contributed by atoms with Crippen molar-refractivity contribution in [2.75, 3.05) is 0 Å². The molecule has 110 valence electrons. The van der Waals surface area contributed by atoms with Gasteiger partial charge in [0, 0.05) is 18.7 Å². The second kappa shape index (κ2) is 8.08. The third-order valence-corrected chi connectivity index (χ3v) is 2.67. The number of hydrogen-bond acceptors (Lipinski definition) is 4. The fourth-order valence-electron chi connectivity index (χ4n) is 1.59. The largest absolute Gasteiger partial charge is 0.481 e. The Kier molecular flexibility index (Phi) is 6.42. The second-order valence-corrected chi connectivity index (χ2v) is 4.66. The number of rotatable bonds is 7. The summed E-state index contributed by atoms with van der Waals surface area (Å²) in [5.74, 6) is -0.820. The van der Waals surface area contributed by atoms with Gasteiger partial charge in [0.15, 0.2) is 0 Å². The third kappa shape index (κ3) is 6.67.